The van der Waals surface area contributed by atoms with Gasteiger partial charge in [0.15, 0.2) is 0 Å². The molecule has 0 saturated carbocycles. The van der Waals surface area contributed by atoms with Gasteiger partial charge in [0.1, 0.15) is 5.01 Å². The van der Waals surface area contributed by atoms with E-state index < -0.39 is 0 Å². The third-order valence-corrected chi connectivity index (χ3v) is 4.35. The van der Waals surface area contributed by atoms with Gasteiger partial charge in [-0.25, -0.2) is 0 Å². The highest BCUT2D eigenvalue weighted by molar-refractivity contribution is 7.99. The van der Waals surface area contributed by atoms with Crippen LogP contribution in [0, 0.1) is 5.92 Å². The molecule has 2 rings (SSSR count). The molecule has 15 heavy (non-hydrogen) atoms. The van der Waals surface area contributed by atoms with Crippen molar-refractivity contribution in [1.82, 2.24) is 10.2 Å². The average molecular weight is 243 g/mol. The number of aromatic nitrogens is 2. The molecule has 3 nitrogen and oxygen atoms in total. The zero-order valence-corrected chi connectivity index (χ0v) is 10.8. The van der Waals surface area contributed by atoms with E-state index in [9.17, 15) is 0 Å². The van der Waals surface area contributed by atoms with Crippen molar-refractivity contribution in [3.8, 4) is 0 Å². The lowest BCUT2D eigenvalue weighted by atomic mass is 10.1. The predicted octanol–water partition coefficient (Wildman–Crippen LogP) is 2.65. The summed E-state index contributed by atoms with van der Waals surface area (Å²) < 4.78 is 0. The lowest BCUT2D eigenvalue weighted by Crippen LogP contribution is -2.17. The maximum atomic E-state index is 4.20. The topological polar surface area (TPSA) is 37.8 Å². The Balaban J connectivity index is 1.88. The Bertz CT molecular complexity index is 305. The summed E-state index contributed by atoms with van der Waals surface area (Å²) in [4.78, 5) is 0. The maximum Gasteiger partial charge on any atom is 0.205 e. The van der Waals surface area contributed by atoms with Crippen LogP contribution in [0.4, 0.5) is 5.13 Å². The summed E-state index contributed by atoms with van der Waals surface area (Å²) in [7, 11) is 0. The first-order valence-electron chi connectivity index (χ1n) is 5.40. The van der Waals surface area contributed by atoms with Gasteiger partial charge in [-0.3, -0.25) is 0 Å². The zero-order valence-electron chi connectivity index (χ0n) is 9.19. The van der Waals surface area contributed by atoms with Gasteiger partial charge < -0.3 is 5.32 Å². The van der Waals surface area contributed by atoms with Crippen molar-refractivity contribution in [1.29, 1.82) is 0 Å². The SMILES string of the molecule is CC(C)Cc1nnc(NC2CCSC2)s1. The molecule has 1 aliphatic heterocycles. The second kappa shape index (κ2) is 5.16. The third kappa shape index (κ3) is 3.34. The van der Waals surface area contributed by atoms with Gasteiger partial charge in [0.25, 0.3) is 0 Å². The molecule has 1 unspecified atom stereocenters. The van der Waals surface area contributed by atoms with Crippen LogP contribution in [0.5, 0.6) is 0 Å². The van der Waals surface area contributed by atoms with Crippen molar-refractivity contribution in [2.24, 2.45) is 5.92 Å². The molecule has 0 radical (unpaired) electrons. The van der Waals surface area contributed by atoms with E-state index in [1.807, 2.05) is 11.8 Å². The van der Waals surface area contributed by atoms with E-state index in [-0.39, 0.29) is 0 Å². The van der Waals surface area contributed by atoms with Crippen molar-refractivity contribution >= 4 is 28.2 Å². The van der Waals surface area contributed by atoms with Gasteiger partial charge in [-0.05, 0) is 18.1 Å². The first-order valence-corrected chi connectivity index (χ1v) is 7.38. The summed E-state index contributed by atoms with van der Waals surface area (Å²) in [5.74, 6) is 3.14. The first-order chi connectivity index (χ1) is 7.24. The summed E-state index contributed by atoms with van der Waals surface area (Å²) in [5, 5.41) is 14.0. The van der Waals surface area contributed by atoms with E-state index >= 15 is 0 Å². The smallest absolute Gasteiger partial charge is 0.205 e. The van der Waals surface area contributed by atoms with Crippen molar-refractivity contribution in [2.75, 3.05) is 16.8 Å². The Morgan fingerprint density at radius 2 is 2.33 bits per heavy atom. The summed E-state index contributed by atoms with van der Waals surface area (Å²) in [6.45, 7) is 4.42. The molecule has 84 valence electrons. The molecule has 1 aromatic heterocycles. The van der Waals surface area contributed by atoms with Crippen LogP contribution in [0.1, 0.15) is 25.3 Å². The molecule has 0 spiro atoms. The normalized spacial score (nSPS) is 21.1. The third-order valence-electron chi connectivity index (χ3n) is 2.31. The van der Waals surface area contributed by atoms with E-state index in [1.165, 1.54) is 17.9 Å². The van der Waals surface area contributed by atoms with Crippen molar-refractivity contribution < 1.29 is 0 Å². The second-order valence-corrected chi connectivity index (χ2v) is 6.52. The number of anilines is 1. The van der Waals surface area contributed by atoms with Crippen LogP contribution in [0.15, 0.2) is 0 Å². The summed E-state index contributed by atoms with van der Waals surface area (Å²) in [5.41, 5.74) is 0. The van der Waals surface area contributed by atoms with Crippen molar-refractivity contribution in [3.05, 3.63) is 5.01 Å². The summed E-state index contributed by atoms with van der Waals surface area (Å²) in [6.07, 6.45) is 2.29. The Morgan fingerprint density at radius 1 is 1.47 bits per heavy atom. The van der Waals surface area contributed by atoms with Gasteiger partial charge in [0.05, 0.1) is 0 Å². The summed E-state index contributed by atoms with van der Waals surface area (Å²) in [6, 6.07) is 0.606. The highest BCUT2D eigenvalue weighted by atomic mass is 32.2. The number of rotatable bonds is 4. The molecule has 0 bridgehead atoms. The largest absolute Gasteiger partial charge is 0.356 e. The molecule has 1 aliphatic rings. The Hall–Kier alpha value is -0.290. The number of hydrogen-bond donors (Lipinski definition) is 1. The van der Waals surface area contributed by atoms with Gasteiger partial charge in [-0.2, -0.15) is 11.8 Å². The molecule has 1 saturated heterocycles. The maximum absolute atomic E-state index is 4.20. The molecule has 2 heterocycles. The minimum Gasteiger partial charge on any atom is -0.356 e. The average Bonchev–Trinajstić information content (AvgIpc) is 2.77. The number of thioether (sulfide) groups is 1. The number of nitrogens with zero attached hydrogens (tertiary/aromatic N) is 2. The lowest BCUT2D eigenvalue weighted by molar-refractivity contribution is 0.640. The van der Waals surface area contributed by atoms with E-state index in [0.29, 0.717) is 12.0 Å². The molecule has 1 aromatic rings. The Labute approximate surface area is 99.1 Å². The van der Waals surface area contributed by atoms with Gasteiger partial charge >= 0.3 is 0 Å². The van der Waals surface area contributed by atoms with Crippen LogP contribution in [0.3, 0.4) is 0 Å². The molecule has 0 aliphatic carbocycles. The fourth-order valence-corrected chi connectivity index (χ4v) is 3.75. The van der Waals surface area contributed by atoms with Crippen LogP contribution in [0.25, 0.3) is 0 Å². The minimum absolute atomic E-state index is 0.606. The van der Waals surface area contributed by atoms with Crippen LogP contribution >= 0.6 is 23.1 Å². The standard InChI is InChI=1S/C10H17N3S2/c1-7(2)5-9-12-13-10(15-9)11-8-3-4-14-6-8/h7-8H,3-6H2,1-2H3,(H,11,13). The van der Waals surface area contributed by atoms with Crippen LogP contribution in [0.2, 0.25) is 0 Å². The zero-order chi connectivity index (χ0) is 10.7. The highest BCUT2D eigenvalue weighted by Crippen LogP contribution is 2.24. The fraction of sp³-hybridized carbons (Fsp3) is 0.800. The Kier molecular flexibility index (Phi) is 3.86. The molecule has 0 aromatic carbocycles. The number of nitrogens with one attached hydrogen (secondary N) is 1. The fourth-order valence-electron chi connectivity index (χ4n) is 1.57. The van der Waals surface area contributed by atoms with E-state index in [2.05, 4.69) is 29.4 Å². The molecule has 1 atom stereocenters. The van der Waals surface area contributed by atoms with Crippen LogP contribution in [-0.4, -0.2) is 27.7 Å². The van der Waals surface area contributed by atoms with Crippen LogP contribution in [-0.2, 0) is 6.42 Å². The molecule has 5 heteroatoms. The monoisotopic (exact) mass is 243 g/mol. The van der Waals surface area contributed by atoms with Crippen LogP contribution < -0.4 is 5.32 Å². The molecule has 1 N–H and O–H groups in total. The molecule has 1 fully saturated rings. The minimum atomic E-state index is 0.606. The van der Waals surface area contributed by atoms with Crippen molar-refractivity contribution in [2.45, 2.75) is 32.7 Å². The molecular weight excluding hydrogens is 226 g/mol. The van der Waals surface area contributed by atoms with Gasteiger partial charge in [-0.1, -0.05) is 25.2 Å². The molecule has 0 amide bonds. The number of hydrogen-bond acceptors (Lipinski definition) is 5. The molecular formula is C10H17N3S2. The van der Waals surface area contributed by atoms with E-state index in [0.717, 1.165) is 16.6 Å². The predicted molar refractivity (Wildman–Crippen MR) is 67.8 cm³/mol. The lowest BCUT2D eigenvalue weighted by Gasteiger charge is -2.07. The van der Waals surface area contributed by atoms with Gasteiger partial charge in [0.2, 0.25) is 5.13 Å². The van der Waals surface area contributed by atoms with E-state index in [4.69, 9.17) is 0 Å². The second-order valence-electron chi connectivity index (χ2n) is 4.30. The highest BCUT2D eigenvalue weighted by Gasteiger charge is 2.16. The van der Waals surface area contributed by atoms with E-state index in [1.54, 1.807) is 11.3 Å². The Morgan fingerprint density at radius 3 is 3.00 bits per heavy atom. The van der Waals surface area contributed by atoms with Crippen molar-refractivity contribution in [3.63, 3.8) is 0 Å². The summed E-state index contributed by atoms with van der Waals surface area (Å²) >= 11 is 3.72. The van der Waals surface area contributed by atoms with Gasteiger partial charge in [0, 0.05) is 18.2 Å². The first kappa shape index (κ1) is 11.2. The quantitative estimate of drug-likeness (QED) is 0.882. The van der Waals surface area contributed by atoms with Gasteiger partial charge in [-0.15, -0.1) is 10.2 Å².